The van der Waals surface area contributed by atoms with Gasteiger partial charge in [0.05, 0.1) is 44.0 Å². The normalized spacial score (nSPS) is 19.7. The van der Waals surface area contributed by atoms with Crippen LogP contribution >= 0.6 is 0 Å². The summed E-state index contributed by atoms with van der Waals surface area (Å²) in [5, 5.41) is 9.27. The van der Waals surface area contributed by atoms with Gasteiger partial charge in [-0.3, -0.25) is 4.79 Å². The number of hydrogen-bond acceptors (Lipinski definition) is 6. The molecule has 208 valence electrons. The zero-order valence-corrected chi connectivity index (χ0v) is 23.8. The molecule has 38 heavy (non-hydrogen) atoms. The van der Waals surface area contributed by atoms with Crippen LogP contribution in [0.4, 0.5) is 10.3 Å². The molecule has 1 aromatic carbocycles. The lowest BCUT2D eigenvalue weighted by Crippen LogP contribution is -2.46. The highest BCUT2D eigenvalue weighted by molar-refractivity contribution is 7.92. The Hall–Kier alpha value is -2.89. The van der Waals surface area contributed by atoms with Crippen molar-refractivity contribution in [3.05, 3.63) is 47.4 Å². The van der Waals surface area contributed by atoms with Crippen molar-refractivity contribution in [2.45, 2.75) is 77.9 Å². The van der Waals surface area contributed by atoms with Crippen LogP contribution in [-0.2, 0) is 30.8 Å². The van der Waals surface area contributed by atoms with Gasteiger partial charge in [-0.2, -0.15) is 12.7 Å². The Balaban J connectivity index is 2.24. The first-order chi connectivity index (χ1) is 17.6. The van der Waals surface area contributed by atoms with Crippen molar-refractivity contribution in [2.75, 3.05) is 17.6 Å². The van der Waals surface area contributed by atoms with Gasteiger partial charge in [-0.05, 0) is 51.1 Å². The number of carboxylic acid groups (broad SMARTS) is 1. The van der Waals surface area contributed by atoms with Crippen molar-refractivity contribution in [1.29, 1.82) is 0 Å². The highest BCUT2D eigenvalue weighted by Gasteiger charge is 2.36. The molecule has 0 saturated carbocycles. The Kier molecular flexibility index (Phi) is 8.95. The number of aromatic nitrogens is 2. The summed E-state index contributed by atoms with van der Waals surface area (Å²) < 4.78 is 53.6. The van der Waals surface area contributed by atoms with E-state index in [1.54, 1.807) is 30.5 Å². The standard InChI is InChI=1S/C27H36FN3O6S/c1-8-31-25(18-9-11-19(28)12-10-18)22(24(17(2)3)29-26(31)30(6)38(7,34)35)14-13-20-15-21(16-23(32)33)37-27(4,5)36-20/h9-14,17,20-21H,8,15-16H2,1-7H3/p+1/t20-,21-/m1/s1. The van der Waals surface area contributed by atoms with Crippen molar-refractivity contribution >= 4 is 28.0 Å². The topological polar surface area (TPSA) is 110 Å². The second-order valence-electron chi connectivity index (χ2n) is 10.2. The average Bonchev–Trinajstić information content (AvgIpc) is 2.79. The summed E-state index contributed by atoms with van der Waals surface area (Å²) in [5.41, 5.74) is 2.77. The van der Waals surface area contributed by atoms with Gasteiger partial charge in [0.2, 0.25) is 0 Å². The third kappa shape index (κ3) is 6.95. The summed E-state index contributed by atoms with van der Waals surface area (Å²) >= 11 is 0. The van der Waals surface area contributed by atoms with E-state index in [1.807, 2.05) is 32.9 Å². The quantitative estimate of drug-likeness (QED) is 0.468. The maximum Gasteiger partial charge on any atom is 0.409 e. The van der Waals surface area contributed by atoms with Gasteiger partial charge >= 0.3 is 11.9 Å². The molecule has 0 unspecified atom stereocenters. The van der Waals surface area contributed by atoms with E-state index in [1.165, 1.54) is 19.2 Å². The van der Waals surface area contributed by atoms with Gasteiger partial charge < -0.3 is 14.6 Å². The van der Waals surface area contributed by atoms with Crippen LogP contribution in [0.25, 0.3) is 17.3 Å². The lowest BCUT2D eigenvalue weighted by atomic mass is 9.96. The van der Waals surface area contributed by atoms with E-state index in [2.05, 4.69) is 0 Å². The molecule has 2 aromatic rings. The maximum absolute atomic E-state index is 13.9. The Morgan fingerprint density at radius 1 is 1.29 bits per heavy atom. The van der Waals surface area contributed by atoms with E-state index < -0.39 is 34.0 Å². The van der Waals surface area contributed by atoms with E-state index in [-0.39, 0.29) is 24.1 Å². The third-order valence-corrected chi connectivity index (χ3v) is 7.44. The van der Waals surface area contributed by atoms with E-state index in [9.17, 15) is 22.7 Å². The summed E-state index contributed by atoms with van der Waals surface area (Å²) in [7, 11) is -2.16. The highest BCUT2D eigenvalue weighted by atomic mass is 32.2. The van der Waals surface area contributed by atoms with Crippen LogP contribution in [0.2, 0.25) is 0 Å². The molecule has 1 aliphatic rings. The monoisotopic (exact) mass is 550 g/mol. The number of rotatable bonds is 9. The minimum Gasteiger partial charge on any atom is -0.481 e. The fraction of sp³-hybridized carbons (Fsp3) is 0.519. The first-order valence-electron chi connectivity index (χ1n) is 12.6. The predicted molar refractivity (Wildman–Crippen MR) is 143 cm³/mol. The number of sulfonamides is 1. The lowest BCUT2D eigenvalue weighted by Gasteiger charge is -2.39. The molecular weight excluding hydrogens is 513 g/mol. The summed E-state index contributed by atoms with van der Waals surface area (Å²) in [6.07, 6.45) is 4.11. The Bertz CT molecular complexity index is 1310. The number of aliphatic carboxylic acids is 1. The molecule has 2 atom stereocenters. The Morgan fingerprint density at radius 3 is 2.45 bits per heavy atom. The number of ether oxygens (including phenoxy) is 2. The van der Waals surface area contributed by atoms with Gasteiger partial charge in [0.1, 0.15) is 17.2 Å². The fourth-order valence-corrected chi connectivity index (χ4v) is 5.03. The van der Waals surface area contributed by atoms with Crippen LogP contribution < -0.4 is 8.87 Å². The van der Waals surface area contributed by atoms with E-state index in [4.69, 9.17) is 14.5 Å². The molecular formula is C27H37FN3O6S+. The van der Waals surface area contributed by atoms with Crippen LogP contribution in [0.5, 0.6) is 0 Å². The van der Waals surface area contributed by atoms with E-state index in [0.717, 1.165) is 16.1 Å². The summed E-state index contributed by atoms with van der Waals surface area (Å²) in [6, 6.07) is 6.02. The van der Waals surface area contributed by atoms with Crippen molar-refractivity contribution in [3.63, 3.8) is 0 Å². The zero-order chi connectivity index (χ0) is 28.4. The van der Waals surface area contributed by atoms with Crippen molar-refractivity contribution in [1.82, 2.24) is 4.98 Å². The van der Waals surface area contributed by atoms with E-state index >= 15 is 0 Å². The fourth-order valence-electron chi connectivity index (χ4n) is 4.60. The largest absolute Gasteiger partial charge is 0.481 e. The van der Waals surface area contributed by atoms with Gasteiger partial charge in [-0.25, -0.2) is 8.96 Å². The molecule has 1 fully saturated rings. The molecule has 1 saturated heterocycles. The molecule has 3 rings (SSSR count). The van der Waals surface area contributed by atoms with Crippen LogP contribution in [0, 0.1) is 5.82 Å². The molecule has 11 heteroatoms. The summed E-state index contributed by atoms with van der Waals surface area (Å²) in [5.74, 6) is -2.14. The zero-order valence-electron chi connectivity index (χ0n) is 22.9. The van der Waals surface area contributed by atoms with Gasteiger partial charge in [-0.1, -0.05) is 24.9 Å². The summed E-state index contributed by atoms with van der Waals surface area (Å²) in [4.78, 5) is 16.1. The Labute approximate surface area is 224 Å². The minimum absolute atomic E-state index is 0.0844. The lowest BCUT2D eigenvalue weighted by molar-refractivity contribution is -0.672. The molecule has 0 aliphatic carbocycles. The number of hydrogen-bond donors (Lipinski definition) is 1. The predicted octanol–water partition coefficient (Wildman–Crippen LogP) is 4.11. The second-order valence-corrected chi connectivity index (χ2v) is 12.2. The van der Waals surface area contributed by atoms with Gasteiger partial charge in [0.15, 0.2) is 5.79 Å². The number of halogens is 1. The van der Waals surface area contributed by atoms with Crippen molar-refractivity contribution < 1.29 is 36.8 Å². The molecule has 9 nitrogen and oxygen atoms in total. The Morgan fingerprint density at radius 2 is 1.92 bits per heavy atom. The molecule has 1 aliphatic heterocycles. The first kappa shape index (κ1) is 29.7. The van der Waals surface area contributed by atoms with Gasteiger partial charge in [0.25, 0.3) is 10.0 Å². The van der Waals surface area contributed by atoms with Crippen LogP contribution in [0.1, 0.15) is 64.6 Å². The number of nitrogens with zero attached hydrogens (tertiary/aromatic N) is 3. The van der Waals surface area contributed by atoms with Crippen LogP contribution in [0.15, 0.2) is 30.3 Å². The molecule has 0 bridgehead atoms. The minimum atomic E-state index is -3.62. The number of carbonyl (C=O) groups is 1. The van der Waals surface area contributed by atoms with E-state index in [0.29, 0.717) is 29.9 Å². The average molecular weight is 551 g/mol. The van der Waals surface area contributed by atoms with Crippen LogP contribution in [0.3, 0.4) is 0 Å². The third-order valence-electron chi connectivity index (χ3n) is 6.28. The summed E-state index contributed by atoms with van der Waals surface area (Å²) in [6.45, 7) is 9.70. The molecule has 1 N–H and O–H groups in total. The number of anilines is 1. The highest BCUT2D eigenvalue weighted by Crippen LogP contribution is 2.33. The maximum atomic E-state index is 13.9. The van der Waals surface area contributed by atoms with Crippen LogP contribution in [-0.4, -0.2) is 55.8 Å². The molecule has 0 amide bonds. The molecule has 0 spiro atoms. The first-order valence-corrected chi connectivity index (χ1v) is 14.4. The molecule has 2 heterocycles. The number of benzene rings is 1. The second kappa shape index (κ2) is 11.5. The van der Waals surface area contributed by atoms with Gasteiger partial charge in [0, 0.05) is 17.9 Å². The molecule has 0 radical (unpaired) electrons. The number of carboxylic acids is 1. The molecule has 1 aromatic heterocycles. The van der Waals surface area contributed by atoms with Crippen molar-refractivity contribution in [3.8, 4) is 11.3 Å². The van der Waals surface area contributed by atoms with Crippen molar-refractivity contribution in [2.24, 2.45) is 0 Å². The SMILES string of the molecule is CC[n+]1c(N(C)S(C)(=O)=O)nc(C(C)C)c(C=C[C@@H]2C[C@H](CC(=O)O)OC(C)(C)O2)c1-c1ccc(F)cc1. The van der Waals surface area contributed by atoms with Gasteiger partial charge in [-0.15, -0.1) is 0 Å². The smallest absolute Gasteiger partial charge is 0.409 e.